The maximum Gasteiger partial charge on any atom is 0.317 e. The van der Waals surface area contributed by atoms with Crippen LogP contribution in [-0.4, -0.2) is 20.0 Å². The normalized spacial score (nSPS) is 13.5. The molecule has 104 valence electrons. The quantitative estimate of drug-likeness (QED) is 0.673. The predicted octanol–water partition coefficient (Wildman–Crippen LogP) is 1.92. The third-order valence-corrected chi connectivity index (χ3v) is 4.38. The van der Waals surface area contributed by atoms with Crippen molar-refractivity contribution in [1.82, 2.24) is 0 Å². The van der Waals surface area contributed by atoms with Crippen molar-refractivity contribution in [2.24, 2.45) is 4.58 Å². The third-order valence-electron chi connectivity index (χ3n) is 3.29. The van der Waals surface area contributed by atoms with Gasteiger partial charge in [0.25, 0.3) is 0 Å². The van der Waals surface area contributed by atoms with Gasteiger partial charge in [0.05, 0.1) is 10.1 Å². The SMILES string of the molecule is O=NS(=O)(=O)c1cccc2c1C(=O)c1ccccc1C2=O. The molecular formula is C14H7NO5S. The Labute approximate surface area is 119 Å². The highest BCUT2D eigenvalue weighted by Crippen LogP contribution is 2.31. The first-order valence-corrected chi connectivity index (χ1v) is 7.32. The molecule has 0 aliphatic heterocycles. The zero-order chi connectivity index (χ0) is 15.2. The summed E-state index contributed by atoms with van der Waals surface area (Å²) < 4.78 is 25.5. The van der Waals surface area contributed by atoms with Gasteiger partial charge in [0.2, 0.25) is 0 Å². The van der Waals surface area contributed by atoms with E-state index in [-0.39, 0.29) is 22.3 Å². The smallest absolute Gasteiger partial charge is 0.289 e. The maximum absolute atomic E-state index is 12.5. The number of ketones is 2. The van der Waals surface area contributed by atoms with Gasteiger partial charge in [0, 0.05) is 16.7 Å². The lowest BCUT2D eigenvalue weighted by molar-refractivity contribution is 0.0976. The van der Waals surface area contributed by atoms with Crippen LogP contribution in [0.15, 0.2) is 51.9 Å². The molecule has 0 aromatic heterocycles. The van der Waals surface area contributed by atoms with Crippen molar-refractivity contribution >= 4 is 21.6 Å². The van der Waals surface area contributed by atoms with E-state index in [9.17, 15) is 22.9 Å². The second-order valence-electron chi connectivity index (χ2n) is 4.43. The first-order valence-electron chi connectivity index (χ1n) is 5.88. The number of nitroso groups, excluding NO2 is 1. The molecule has 0 amide bonds. The van der Waals surface area contributed by atoms with E-state index in [1.54, 1.807) is 12.1 Å². The molecule has 1 aliphatic carbocycles. The highest BCUT2D eigenvalue weighted by atomic mass is 32.2. The van der Waals surface area contributed by atoms with Crippen LogP contribution in [0.5, 0.6) is 0 Å². The highest BCUT2D eigenvalue weighted by molar-refractivity contribution is 7.90. The minimum Gasteiger partial charge on any atom is -0.289 e. The number of fused-ring (bicyclic) bond motifs is 2. The number of rotatable bonds is 2. The fraction of sp³-hybridized carbons (Fsp3) is 0. The van der Waals surface area contributed by atoms with Gasteiger partial charge < -0.3 is 0 Å². The van der Waals surface area contributed by atoms with E-state index in [4.69, 9.17) is 0 Å². The molecule has 0 bridgehead atoms. The van der Waals surface area contributed by atoms with Crippen LogP contribution in [0.25, 0.3) is 0 Å². The summed E-state index contributed by atoms with van der Waals surface area (Å²) >= 11 is 0. The summed E-state index contributed by atoms with van der Waals surface area (Å²) in [5.41, 5.74) is -0.00335. The van der Waals surface area contributed by atoms with Crippen LogP contribution in [0.1, 0.15) is 31.8 Å². The molecule has 0 spiro atoms. The van der Waals surface area contributed by atoms with Gasteiger partial charge in [-0.3, -0.25) is 9.59 Å². The van der Waals surface area contributed by atoms with Gasteiger partial charge >= 0.3 is 10.0 Å². The van der Waals surface area contributed by atoms with Crippen molar-refractivity contribution in [3.8, 4) is 0 Å². The first-order chi connectivity index (χ1) is 9.97. The molecule has 0 saturated heterocycles. The lowest BCUT2D eigenvalue weighted by Crippen LogP contribution is -2.23. The van der Waals surface area contributed by atoms with Crippen LogP contribution in [0.2, 0.25) is 0 Å². The zero-order valence-electron chi connectivity index (χ0n) is 10.4. The summed E-state index contributed by atoms with van der Waals surface area (Å²) in [6.45, 7) is 0. The van der Waals surface area contributed by atoms with Crippen molar-refractivity contribution in [2.45, 2.75) is 4.90 Å². The monoisotopic (exact) mass is 301 g/mol. The van der Waals surface area contributed by atoms with E-state index in [0.29, 0.717) is 0 Å². The largest absolute Gasteiger partial charge is 0.317 e. The maximum atomic E-state index is 12.5. The minimum absolute atomic E-state index is 0.0385. The van der Waals surface area contributed by atoms with Crippen LogP contribution >= 0.6 is 0 Å². The Morgan fingerprint density at radius 1 is 0.762 bits per heavy atom. The van der Waals surface area contributed by atoms with Crippen LogP contribution in [0.4, 0.5) is 0 Å². The van der Waals surface area contributed by atoms with E-state index in [1.807, 2.05) is 0 Å². The number of sulfonamides is 1. The second-order valence-corrected chi connectivity index (χ2v) is 5.97. The fourth-order valence-corrected chi connectivity index (χ4v) is 3.16. The lowest BCUT2D eigenvalue weighted by atomic mass is 9.84. The molecule has 0 saturated carbocycles. The molecule has 0 heterocycles. The molecular weight excluding hydrogens is 294 g/mol. The van der Waals surface area contributed by atoms with Crippen molar-refractivity contribution < 1.29 is 18.0 Å². The van der Waals surface area contributed by atoms with Gasteiger partial charge in [0.1, 0.15) is 4.90 Å². The first kappa shape index (κ1) is 13.3. The fourth-order valence-electron chi connectivity index (χ4n) is 2.37. The van der Waals surface area contributed by atoms with Crippen molar-refractivity contribution in [3.05, 3.63) is 69.6 Å². The molecule has 7 heteroatoms. The summed E-state index contributed by atoms with van der Waals surface area (Å²) in [6, 6.07) is 9.88. The average molecular weight is 301 g/mol. The van der Waals surface area contributed by atoms with Gasteiger partial charge in [-0.2, -0.15) is 8.42 Å². The predicted molar refractivity (Wildman–Crippen MR) is 72.7 cm³/mol. The Bertz CT molecular complexity index is 915. The Balaban J connectivity index is 2.40. The number of carbonyl (C=O) groups is 2. The van der Waals surface area contributed by atoms with Gasteiger partial charge in [-0.15, -0.1) is 4.91 Å². The van der Waals surface area contributed by atoms with E-state index in [2.05, 4.69) is 4.58 Å². The number of hydrogen-bond acceptors (Lipinski definition) is 5. The van der Waals surface area contributed by atoms with E-state index in [1.165, 1.54) is 24.3 Å². The lowest BCUT2D eigenvalue weighted by Gasteiger charge is -2.18. The number of benzene rings is 2. The molecule has 0 atom stereocenters. The van der Waals surface area contributed by atoms with Crippen molar-refractivity contribution in [3.63, 3.8) is 0 Å². The number of nitrogens with zero attached hydrogens (tertiary/aromatic N) is 1. The van der Waals surface area contributed by atoms with Crippen LogP contribution in [0.3, 0.4) is 0 Å². The van der Waals surface area contributed by atoms with Gasteiger partial charge in [-0.05, 0) is 6.07 Å². The molecule has 1 aliphatic rings. The van der Waals surface area contributed by atoms with Gasteiger partial charge in [-0.1, -0.05) is 36.4 Å². The third kappa shape index (κ3) is 1.82. The van der Waals surface area contributed by atoms with Gasteiger partial charge in [-0.25, -0.2) is 0 Å². The summed E-state index contributed by atoms with van der Waals surface area (Å²) in [5.74, 6) is -1.06. The molecule has 0 unspecified atom stereocenters. The molecule has 0 radical (unpaired) electrons. The average Bonchev–Trinajstić information content (AvgIpc) is 2.52. The molecule has 2 aromatic rings. The Hall–Kier alpha value is -2.67. The molecule has 3 rings (SSSR count). The minimum atomic E-state index is -4.50. The molecule has 0 N–H and O–H groups in total. The van der Waals surface area contributed by atoms with E-state index < -0.39 is 26.5 Å². The van der Waals surface area contributed by atoms with E-state index >= 15 is 0 Å². The number of hydrogen-bond donors (Lipinski definition) is 0. The summed E-state index contributed by atoms with van der Waals surface area (Å²) in [4.78, 5) is 34.8. The molecule has 0 fully saturated rings. The standard InChI is InChI=1S/C14H7NO5S/c16-13-8-4-1-2-5-9(8)14(17)12-10(13)6-3-7-11(12)21(19,20)15-18/h1-7H. The van der Waals surface area contributed by atoms with Crippen molar-refractivity contribution in [2.75, 3.05) is 0 Å². The summed E-state index contributed by atoms with van der Waals surface area (Å²) in [7, 11) is -4.50. The van der Waals surface area contributed by atoms with Crippen LogP contribution in [0, 0.1) is 4.91 Å². The Morgan fingerprint density at radius 3 is 1.95 bits per heavy atom. The van der Waals surface area contributed by atoms with Crippen LogP contribution in [-0.2, 0) is 10.0 Å². The Morgan fingerprint density at radius 2 is 1.33 bits per heavy atom. The molecule has 6 nitrogen and oxygen atoms in total. The zero-order valence-corrected chi connectivity index (χ0v) is 11.3. The molecule has 2 aromatic carbocycles. The highest BCUT2D eigenvalue weighted by Gasteiger charge is 2.34. The van der Waals surface area contributed by atoms with Crippen molar-refractivity contribution in [1.29, 1.82) is 0 Å². The van der Waals surface area contributed by atoms with Gasteiger partial charge in [0.15, 0.2) is 11.6 Å². The van der Waals surface area contributed by atoms with E-state index in [0.717, 1.165) is 6.07 Å². The molecule has 21 heavy (non-hydrogen) atoms. The summed E-state index contributed by atoms with van der Waals surface area (Å²) in [5, 5.41) is 0. The second kappa shape index (κ2) is 4.42. The number of carbonyl (C=O) groups excluding carboxylic acids is 2. The van der Waals surface area contributed by atoms with Crippen LogP contribution < -0.4 is 0 Å². The topological polar surface area (TPSA) is 97.7 Å². The Kier molecular flexibility index (Phi) is 2.80. The summed E-state index contributed by atoms with van der Waals surface area (Å²) in [6.07, 6.45) is 0.